The average molecular weight is 411 g/mol. The van der Waals surface area contributed by atoms with E-state index in [1.165, 1.54) is 5.56 Å². The summed E-state index contributed by atoms with van der Waals surface area (Å²) in [6.07, 6.45) is 7.33. The van der Waals surface area contributed by atoms with Crippen LogP contribution in [-0.4, -0.2) is 32.6 Å². The van der Waals surface area contributed by atoms with Crippen molar-refractivity contribution >= 4 is 22.7 Å². The van der Waals surface area contributed by atoms with Crippen LogP contribution in [0.5, 0.6) is 0 Å². The zero-order chi connectivity index (χ0) is 21.6. The Kier molecular flexibility index (Phi) is 6.08. The Labute approximate surface area is 182 Å². The molecule has 0 aliphatic carbocycles. The third-order valence-corrected chi connectivity index (χ3v) is 5.13. The van der Waals surface area contributed by atoms with E-state index in [1.54, 1.807) is 12.5 Å². The molecule has 156 valence electrons. The predicted octanol–water partition coefficient (Wildman–Crippen LogP) is 5.17. The second-order valence-corrected chi connectivity index (χ2v) is 7.29. The predicted molar refractivity (Wildman–Crippen MR) is 128 cm³/mol. The van der Waals surface area contributed by atoms with E-state index in [4.69, 9.17) is 4.98 Å². The molecular weight excluding hydrogens is 384 g/mol. The van der Waals surface area contributed by atoms with Crippen molar-refractivity contribution in [1.29, 1.82) is 0 Å². The smallest absolute Gasteiger partial charge is 0.225 e. The van der Waals surface area contributed by atoms with E-state index in [-0.39, 0.29) is 6.04 Å². The number of hydrogen-bond acceptors (Lipinski definition) is 5. The van der Waals surface area contributed by atoms with Crippen molar-refractivity contribution in [2.24, 2.45) is 0 Å². The van der Waals surface area contributed by atoms with Crippen LogP contribution < -0.4 is 10.2 Å². The molecule has 0 spiro atoms. The highest BCUT2D eigenvalue weighted by Crippen LogP contribution is 2.24. The molecule has 0 aliphatic heterocycles. The van der Waals surface area contributed by atoms with E-state index in [0.29, 0.717) is 5.95 Å². The van der Waals surface area contributed by atoms with Crippen LogP contribution in [0.2, 0.25) is 0 Å². The van der Waals surface area contributed by atoms with Crippen LogP contribution >= 0.6 is 0 Å². The molecule has 1 atom stereocenters. The SMILES string of the molecule is C=CCN(CC=C)c1ccc2c(c1)ncn2-c1ccnc(NC(C)c2ccccc2)n1. The van der Waals surface area contributed by atoms with Gasteiger partial charge in [0.25, 0.3) is 0 Å². The monoisotopic (exact) mass is 410 g/mol. The molecule has 0 amide bonds. The van der Waals surface area contributed by atoms with Gasteiger partial charge in [-0.1, -0.05) is 42.5 Å². The fourth-order valence-corrected chi connectivity index (χ4v) is 3.55. The lowest BCUT2D eigenvalue weighted by Crippen LogP contribution is -2.22. The van der Waals surface area contributed by atoms with Gasteiger partial charge in [0.1, 0.15) is 12.1 Å². The summed E-state index contributed by atoms with van der Waals surface area (Å²) in [6, 6.07) is 18.5. The molecule has 2 heterocycles. The zero-order valence-corrected chi connectivity index (χ0v) is 17.6. The van der Waals surface area contributed by atoms with Crippen molar-refractivity contribution in [2.75, 3.05) is 23.3 Å². The van der Waals surface area contributed by atoms with E-state index < -0.39 is 0 Å². The summed E-state index contributed by atoms with van der Waals surface area (Å²) in [7, 11) is 0. The van der Waals surface area contributed by atoms with Gasteiger partial charge in [-0.15, -0.1) is 13.2 Å². The summed E-state index contributed by atoms with van der Waals surface area (Å²) in [6.45, 7) is 11.3. The summed E-state index contributed by atoms with van der Waals surface area (Å²) in [4.78, 5) is 15.9. The molecule has 4 aromatic rings. The molecule has 0 saturated carbocycles. The maximum absolute atomic E-state index is 4.71. The molecule has 2 aromatic heterocycles. The Morgan fingerprint density at radius 1 is 1.03 bits per heavy atom. The van der Waals surface area contributed by atoms with Crippen molar-refractivity contribution in [3.05, 3.63) is 98.0 Å². The normalized spacial score (nSPS) is 11.8. The number of rotatable bonds is 9. The Morgan fingerprint density at radius 3 is 2.55 bits per heavy atom. The van der Waals surface area contributed by atoms with Crippen molar-refractivity contribution in [3.63, 3.8) is 0 Å². The molecule has 0 aliphatic rings. The molecular formula is C25H26N6. The summed E-state index contributed by atoms with van der Waals surface area (Å²) < 4.78 is 1.98. The van der Waals surface area contributed by atoms with Crippen LogP contribution in [0.1, 0.15) is 18.5 Å². The van der Waals surface area contributed by atoms with E-state index in [0.717, 1.165) is 35.6 Å². The van der Waals surface area contributed by atoms with Crippen LogP contribution in [0.4, 0.5) is 11.6 Å². The van der Waals surface area contributed by atoms with Gasteiger partial charge in [-0.05, 0) is 36.8 Å². The van der Waals surface area contributed by atoms with E-state index in [2.05, 4.69) is 70.6 Å². The van der Waals surface area contributed by atoms with Gasteiger partial charge in [0, 0.05) is 25.0 Å². The van der Waals surface area contributed by atoms with E-state index in [1.807, 2.05) is 41.0 Å². The Hall–Kier alpha value is -3.93. The van der Waals surface area contributed by atoms with Crippen molar-refractivity contribution in [1.82, 2.24) is 19.5 Å². The minimum Gasteiger partial charge on any atom is -0.364 e. The lowest BCUT2D eigenvalue weighted by atomic mass is 10.1. The second kappa shape index (κ2) is 9.26. The summed E-state index contributed by atoms with van der Waals surface area (Å²) in [5.74, 6) is 1.34. The maximum Gasteiger partial charge on any atom is 0.225 e. The number of aromatic nitrogens is 4. The zero-order valence-electron chi connectivity index (χ0n) is 17.6. The fourth-order valence-electron chi connectivity index (χ4n) is 3.55. The summed E-state index contributed by atoms with van der Waals surface area (Å²) in [5.41, 5.74) is 4.16. The summed E-state index contributed by atoms with van der Waals surface area (Å²) in [5, 5.41) is 3.38. The van der Waals surface area contributed by atoms with Crippen molar-refractivity contribution in [3.8, 4) is 5.82 Å². The van der Waals surface area contributed by atoms with Gasteiger partial charge in [0.05, 0.1) is 17.1 Å². The van der Waals surface area contributed by atoms with Crippen molar-refractivity contribution < 1.29 is 0 Å². The lowest BCUT2D eigenvalue weighted by Gasteiger charge is -2.21. The number of anilines is 2. The standard InChI is InChI=1S/C25H26N6/c1-4-15-30(16-5-2)21-11-12-23-22(17-21)27-18-31(23)24-13-14-26-25(29-24)28-19(3)20-9-7-6-8-10-20/h4-14,17-19H,1-2,15-16H2,3H3,(H,26,28,29). The van der Waals surface area contributed by atoms with Crippen LogP contribution in [-0.2, 0) is 0 Å². The highest BCUT2D eigenvalue weighted by molar-refractivity contribution is 5.81. The summed E-state index contributed by atoms with van der Waals surface area (Å²) >= 11 is 0. The molecule has 1 unspecified atom stereocenters. The Morgan fingerprint density at radius 2 is 1.81 bits per heavy atom. The number of imidazole rings is 1. The van der Waals surface area contributed by atoms with Gasteiger partial charge < -0.3 is 10.2 Å². The minimum atomic E-state index is 0.0965. The second-order valence-electron chi connectivity index (χ2n) is 7.29. The fraction of sp³-hybridized carbons (Fsp3) is 0.160. The van der Waals surface area contributed by atoms with Gasteiger partial charge in [0.2, 0.25) is 5.95 Å². The molecule has 6 heteroatoms. The molecule has 4 rings (SSSR count). The third kappa shape index (κ3) is 4.48. The molecule has 1 N–H and O–H groups in total. The topological polar surface area (TPSA) is 58.9 Å². The first-order valence-corrected chi connectivity index (χ1v) is 10.3. The average Bonchev–Trinajstić information content (AvgIpc) is 3.23. The van der Waals surface area contributed by atoms with Gasteiger partial charge in [-0.25, -0.2) is 9.97 Å². The molecule has 6 nitrogen and oxygen atoms in total. The quantitative estimate of drug-likeness (QED) is 0.386. The minimum absolute atomic E-state index is 0.0965. The number of benzene rings is 2. The van der Waals surface area contributed by atoms with Gasteiger partial charge in [-0.2, -0.15) is 4.98 Å². The largest absolute Gasteiger partial charge is 0.364 e. The maximum atomic E-state index is 4.71. The first-order chi connectivity index (χ1) is 15.2. The van der Waals surface area contributed by atoms with Crippen LogP contribution in [0.15, 0.2) is 92.4 Å². The molecule has 31 heavy (non-hydrogen) atoms. The number of nitrogens with one attached hydrogen (secondary N) is 1. The molecule has 0 fully saturated rings. The van der Waals surface area contributed by atoms with Crippen LogP contribution in [0.25, 0.3) is 16.9 Å². The highest BCUT2D eigenvalue weighted by atomic mass is 15.2. The number of fused-ring (bicyclic) bond motifs is 1. The van der Waals surface area contributed by atoms with Crippen molar-refractivity contribution in [2.45, 2.75) is 13.0 Å². The van der Waals surface area contributed by atoms with Crippen LogP contribution in [0, 0.1) is 0 Å². The number of nitrogens with zero attached hydrogens (tertiary/aromatic N) is 5. The third-order valence-electron chi connectivity index (χ3n) is 5.13. The van der Waals surface area contributed by atoms with Crippen LogP contribution in [0.3, 0.4) is 0 Å². The van der Waals surface area contributed by atoms with Gasteiger partial charge in [0.15, 0.2) is 0 Å². The molecule has 0 saturated heterocycles. The van der Waals surface area contributed by atoms with E-state index >= 15 is 0 Å². The molecule has 2 aromatic carbocycles. The van der Waals surface area contributed by atoms with Gasteiger partial charge >= 0.3 is 0 Å². The molecule has 0 radical (unpaired) electrons. The number of hydrogen-bond donors (Lipinski definition) is 1. The first-order valence-electron chi connectivity index (χ1n) is 10.3. The lowest BCUT2D eigenvalue weighted by molar-refractivity contribution is 0.854. The Bertz CT molecular complexity index is 1170. The highest BCUT2D eigenvalue weighted by Gasteiger charge is 2.11. The van der Waals surface area contributed by atoms with E-state index in [9.17, 15) is 0 Å². The first kappa shape index (κ1) is 20.3. The van der Waals surface area contributed by atoms with Gasteiger partial charge in [-0.3, -0.25) is 4.57 Å². The Balaban J connectivity index is 1.61. The molecule has 0 bridgehead atoms.